The van der Waals surface area contributed by atoms with E-state index in [4.69, 9.17) is 0 Å². The van der Waals surface area contributed by atoms with Crippen LogP contribution in [0.3, 0.4) is 0 Å². The lowest BCUT2D eigenvalue weighted by Gasteiger charge is -2.60. The second-order valence-corrected chi connectivity index (χ2v) is 9.52. The molecule has 4 rings (SSSR count). The van der Waals surface area contributed by atoms with Crippen molar-refractivity contribution in [2.75, 3.05) is 6.61 Å². The van der Waals surface area contributed by atoms with Gasteiger partial charge >= 0.3 is 0 Å². The summed E-state index contributed by atoms with van der Waals surface area (Å²) < 4.78 is 0. The van der Waals surface area contributed by atoms with Gasteiger partial charge in [-0.25, -0.2) is 0 Å². The molecule has 130 valence electrons. The van der Waals surface area contributed by atoms with Gasteiger partial charge in [-0.3, -0.25) is 4.79 Å². The quantitative estimate of drug-likeness (QED) is 0.780. The lowest BCUT2D eigenvalue weighted by atomic mass is 9.45. The van der Waals surface area contributed by atoms with Crippen molar-refractivity contribution >= 4 is 5.78 Å². The van der Waals surface area contributed by atoms with E-state index in [1.807, 2.05) is 0 Å². The van der Waals surface area contributed by atoms with Gasteiger partial charge in [-0.1, -0.05) is 13.8 Å². The van der Waals surface area contributed by atoms with Crippen molar-refractivity contribution in [3.63, 3.8) is 0 Å². The maximum Gasteiger partial charge on any atom is 0.144 e. The fraction of sp³-hybridized carbons (Fsp3) is 0.950. The normalized spacial score (nSPS) is 55.9. The summed E-state index contributed by atoms with van der Waals surface area (Å²) in [5, 5.41) is 19.7. The number of aliphatic hydroxyl groups excluding tert-OH is 2. The zero-order valence-electron chi connectivity index (χ0n) is 14.6. The number of fused-ring (bicyclic) bond motifs is 5. The van der Waals surface area contributed by atoms with Crippen molar-refractivity contribution in [1.82, 2.24) is 0 Å². The third-order valence-corrected chi connectivity index (χ3v) is 8.72. The van der Waals surface area contributed by atoms with Crippen molar-refractivity contribution in [3.05, 3.63) is 0 Å². The Morgan fingerprint density at radius 3 is 2.57 bits per heavy atom. The van der Waals surface area contributed by atoms with Crippen LogP contribution in [-0.4, -0.2) is 28.7 Å². The van der Waals surface area contributed by atoms with E-state index in [2.05, 4.69) is 13.8 Å². The van der Waals surface area contributed by atoms with E-state index in [0.717, 1.165) is 38.0 Å². The van der Waals surface area contributed by atoms with Crippen molar-refractivity contribution < 1.29 is 15.0 Å². The highest BCUT2D eigenvalue weighted by molar-refractivity contribution is 5.89. The molecule has 3 nitrogen and oxygen atoms in total. The molecular formula is C20H32O3. The molecule has 0 aromatic heterocycles. The minimum atomic E-state index is -0.175. The molecule has 0 aliphatic heterocycles. The van der Waals surface area contributed by atoms with Gasteiger partial charge in [0.15, 0.2) is 0 Å². The van der Waals surface area contributed by atoms with Crippen LogP contribution < -0.4 is 0 Å². The van der Waals surface area contributed by atoms with Gasteiger partial charge in [0.2, 0.25) is 0 Å². The summed E-state index contributed by atoms with van der Waals surface area (Å²) in [6.07, 6.45) is 8.55. The predicted octanol–water partition coefficient (Wildman–Crippen LogP) is 3.18. The molecule has 3 heteroatoms. The molecule has 4 aliphatic rings. The molecule has 2 N–H and O–H groups in total. The minimum Gasteiger partial charge on any atom is -0.396 e. The highest BCUT2D eigenvalue weighted by Gasteiger charge is 2.62. The number of carbonyl (C=O) groups is 1. The largest absolute Gasteiger partial charge is 0.396 e. The average Bonchev–Trinajstić information content (AvgIpc) is 2.79. The molecule has 0 bridgehead atoms. The molecule has 4 aliphatic carbocycles. The second kappa shape index (κ2) is 5.29. The molecule has 4 fully saturated rings. The van der Waals surface area contributed by atoms with E-state index in [9.17, 15) is 15.0 Å². The van der Waals surface area contributed by atoms with Gasteiger partial charge in [0, 0.05) is 11.3 Å². The first kappa shape index (κ1) is 16.1. The first-order valence-corrected chi connectivity index (χ1v) is 9.73. The Hall–Kier alpha value is -0.410. The number of rotatable bonds is 1. The monoisotopic (exact) mass is 320 g/mol. The van der Waals surface area contributed by atoms with Crippen LogP contribution in [0.25, 0.3) is 0 Å². The third kappa shape index (κ3) is 2.12. The van der Waals surface area contributed by atoms with Gasteiger partial charge in [0.05, 0.1) is 12.7 Å². The molecule has 0 saturated heterocycles. The van der Waals surface area contributed by atoms with Crippen molar-refractivity contribution in [1.29, 1.82) is 0 Å². The molecule has 0 unspecified atom stereocenters. The number of Topliss-reactive ketones (excluding diaryl/α,β-unsaturated/α-hetero) is 1. The van der Waals surface area contributed by atoms with Gasteiger partial charge in [-0.15, -0.1) is 0 Å². The molecule has 4 saturated carbocycles. The standard InChI is InChI=1S/C20H32O3/c1-19-7-5-14(22)10-13(19)3-4-15-16(19)6-8-20(2)17(15)9-12(11-21)18(20)23/h12-17,21-22H,3-11H2,1-2H3/t12-,13+,14+,15-,16+,17+,19+,20+/m1/s1. The highest BCUT2D eigenvalue weighted by Crippen LogP contribution is 2.66. The van der Waals surface area contributed by atoms with E-state index in [1.54, 1.807) is 0 Å². The van der Waals surface area contributed by atoms with E-state index in [-0.39, 0.29) is 24.0 Å². The van der Waals surface area contributed by atoms with Crippen LogP contribution >= 0.6 is 0 Å². The first-order valence-electron chi connectivity index (χ1n) is 9.73. The summed E-state index contributed by atoms with van der Waals surface area (Å²) in [5.41, 5.74) is 0.190. The number of ketones is 1. The van der Waals surface area contributed by atoms with Gasteiger partial charge in [-0.05, 0) is 80.5 Å². The van der Waals surface area contributed by atoms with E-state index < -0.39 is 0 Å². The number of hydrogen-bond donors (Lipinski definition) is 2. The van der Waals surface area contributed by atoms with Crippen LogP contribution in [0.4, 0.5) is 0 Å². The van der Waals surface area contributed by atoms with Crippen molar-refractivity contribution in [3.8, 4) is 0 Å². The summed E-state index contributed by atoms with van der Waals surface area (Å²) in [7, 11) is 0. The predicted molar refractivity (Wildman–Crippen MR) is 88.7 cm³/mol. The maximum absolute atomic E-state index is 12.8. The first-order chi connectivity index (χ1) is 10.9. The molecule has 0 aromatic carbocycles. The Labute approximate surface area is 139 Å². The Morgan fingerprint density at radius 2 is 1.83 bits per heavy atom. The van der Waals surface area contributed by atoms with Crippen LogP contribution in [0.1, 0.15) is 65.2 Å². The lowest BCUT2D eigenvalue weighted by Crippen LogP contribution is -2.54. The molecule has 0 aromatic rings. The third-order valence-electron chi connectivity index (χ3n) is 8.72. The van der Waals surface area contributed by atoms with Crippen molar-refractivity contribution in [2.45, 2.75) is 71.3 Å². The van der Waals surface area contributed by atoms with Crippen LogP contribution in [0.5, 0.6) is 0 Å². The fourth-order valence-electron chi connectivity index (χ4n) is 7.33. The Balaban J connectivity index is 1.63. The van der Waals surface area contributed by atoms with Gasteiger partial charge < -0.3 is 10.2 Å². The molecule has 23 heavy (non-hydrogen) atoms. The molecular weight excluding hydrogens is 288 g/mol. The Morgan fingerprint density at radius 1 is 1.04 bits per heavy atom. The Bertz CT molecular complexity index is 503. The Kier molecular flexibility index (Phi) is 3.70. The number of carbonyl (C=O) groups excluding carboxylic acids is 1. The number of aliphatic hydroxyl groups is 2. The van der Waals surface area contributed by atoms with E-state index in [1.165, 1.54) is 19.3 Å². The fourth-order valence-corrected chi connectivity index (χ4v) is 7.33. The van der Waals surface area contributed by atoms with E-state index in [0.29, 0.717) is 29.0 Å². The number of hydrogen-bond acceptors (Lipinski definition) is 3. The van der Waals surface area contributed by atoms with Gasteiger partial charge in [0.1, 0.15) is 5.78 Å². The second-order valence-electron chi connectivity index (χ2n) is 9.52. The maximum atomic E-state index is 12.8. The van der Waals surface area contributed by atoms with Gasteiger partial charge in [-0.2, -0.15) is 0 Å². The van der Waals surface area contributed by atoms with Gasteiger partial charge in [0.25, 0.3) is 0 Å². The van der Waals surface area contributed by atoms with Crippen LogP contribution in [0, 0.1) is 40.4 Å². The molecule has 0 spiro atoms. The molecule has 0 radical (unpaired) electrons. The summed E-state index contributed by atoms with van der Waals surface area (Å²) in [5.74, 6) is 2.76. The molecule has 0 heterocycles. The zero-order chi connectivity index (χ0) is 16.4. The SMILES string of the molecule is C[C@]12CC[C@H](O)C[C@@H]1CC[C@@H]1[C@@H]2CC[C@]2(C)C(=O)[C@@H](CO)C[C@@H]12. The smallest absolute Gasteiger partial charge is 0.144 e. The lowest BCUT2D eigenvalue weighted by molar-refractivity contribution is -0.143. The molecule has 8 atom stereocenters. The minimum absolute atomic E-state index is 0.0361. The summed E-state index contributed by atoms with van der Waals surface area (Å²) in [6.45, 7) is 4.70. The van der Waals surface area contributed by atoms with Crippen LogP contribution in [-0.2, 0) is 4.79 Å². The summed E-state index contributed by atoms with van der Waals surface area (Å²) in [6, 6.07) is 0. The van der Waals surface area contributed by atoms with Crippen LogP contribution in [0.15, 0.2) is 0 Å². The highest BCUT2D eigenvalue weighted by atomic mass is 16.3. The summed E-state index contributed by atoms with van der Waals surface area (Å²) in [4.78, 5) is 12.8. The topological polar surface area (TPSA) is 57.5 Å². The zero-order valence-corrected chi connectivity index (χ0v) is 14.6. The van der Waals surface area contributed by atoms with E-state index >= 15 is 0 Å². The average molecular weight is 320 g/mol. The van der Waals surface area contributed by atoms with Crippen LogP contribution in [0.2, 0.25) is 0 Å². The summed E-state index contributed by atoms with van der Waals surface area (Å²) >= 11 is 0. The molecule has 0 amide bonds. The van der Waals surface area contributed by atoms with Crippen molar-refractivity contribution in [2.24, 2.45) is 40.4 Å².